The average molecular weight is 301 g/mol. The summed E-state index contributed by atoms with van der Waals surface area (Å²) in [4.78, 5) is 0. The third-order valence-corrected chi connectivity index (χ3v) is 3.95. The van der Waals surface area contributed by atoms with Crippen molar-refractivity contribution in [1.29, 1.82) is 0 Å². The highest BCUT2D eigenvalue weighted by Gasteiger charge is 2.15. The van der Waals surface area contributed by atoms with E-state index in [2.05, 4.69) is 12.3 Å². The zero-order valence-corrected chi connectivity index (χ0v) is 13.1. The van der Waals surface area contributed by atoms with E-state index >= 15 is 0 Å². The SMILES string of the molecule is CCCCCCCCCC(NN)c1cccc(Cl)c1F. The van der Waals surface area contributed by atoms with Crippen molar-refractivity contribution in [2.75, 3.05) is 0 Å². The number of rotatable bonds is 10. The van der Waals surface area contributed by atoms with Gasteiger partial charge < -0.3 is 0 Å². The summed E-state index contributed by atoms with van der Waals surface area (Å²) in [6, 6.07) is 4.90. The minimum atomic E-state index is -0.361. The van der Waals surface area contributed by atoms with Gasteiger partial charge in [0, 0.05) is 11.6 Å². The zero-order chi connectivity index (χ0) is 14.8. The first kappa shape index (κ1) is 17.4. The molecule has 1 rings (SSSR count). The number of hydrazine groups is 1. The summed E-state index contributed by atoms with van der Waals surface area (Å²) in [6.07, 6.45) is 9.50. The quantitative estimate of drug-likeness (QED) is 0.357. The van der Waals surface area contributed by atoms with Gasteiger partial charge in [0.1, 0.15) is 5.82 Å². The van der Waals surface area contributed by atoms with Gasteiger partial charge in [0.05, 0.1) is 5.02 Å². The molecule has 0 aliphatic carbocycles. The van der Waals surface area contributed by atoms with Crippen LogP contribution in [0.25, 0.3) is 0 Å². The molecule has 1 unspecified atom stereocenters. The molecule has 0 heterocycles. The fourth-order valence-electron chi connectivity index (χ4n) is 2.42. The van der Waals surface area contributed by atoms with E-state index in [0.29, 0.717) is 5.56 Å². The number of nitrogens with one attached hydrogen (secondary N) is 1. The summed E-state index contributed by atoms with van der Waals surface area (Å²) in [6.45, 7) is 2.22. The highest BCUT2D eigenvalue weighted by molar-refractivity contribution is 6.30. The van der Waals surface area contributed by atoms with Crippen molar-refractivity contribution >= 4 is 11.6 Å². The van der Waals surface area contributed by atoms with E-state index in [-0.39, 0.29) is 16.9 Å². The summed E-state index contributed by atoms with van der Waals surface area (Å²) < 4.78 is 13.9. The van der Waals surface area contributed by atoms with Crippen molar-refractivity contribution in [3.05, 3.63) is 34.6 Å². The van der Waals surface area contributed by atoms with Crippen molar-refractivity contribution in [3.63, 3.8) is 0 Å². The van der Waals surface area contributed by atoms with E-state index in [1.54, 1.807) is 18.2 Å². The normalized spacial score (nSPS) is 12.6. The van der Waals surface area contributed by atoms with E-state index in [0.717, 1.165) is 12.8 Å². The molecule has 1 atom stereocenters. The Morgan fingerprint density at radius 1 is 1.15 bits per heavy atom. The molecule has 0 radical (unpaired) electrons. The van der Waals surface area contributed by atoms with Gasteiger partial charge in [-0.1, -0.05) is 75.6 Å². The van der Waals surface area contributed by atoms with Crippen LogP contribution in [-0.4, -0.2) is 0 Å². The topological polar surface area (TPSA) is 38.0 Å². The first-order valence-electron chi connectivity index (χ1n) is 7.60. The van der Waals surface area contributed by atoms with E-state index in [1.807, 2.05) is 0 Å². The van der Waals surface area contributed by atoms with Gasteiger partial charge in [0.25, 0.3) is 0 Å². The van der Waals surface area contributed by atoms with Crippen LogP contribution in [0.4, 0.5) is 4.39 Å². The molecular formula is C16H26ClFN2. The summed E-state index contributed by atoms with van der Waals surface area (Å²) >= 11 is 5.80. The molecule has 0 bridgehead atoms. The first-order chi connectivity index (χ1) is 9.70. The van der Waals surface area contributed by atoms with Crippen LogP contribution in [0.2, 0.25) is 5.02 Å². The molecule has 0 spiro atoms. The third kappa shape index (κ3) is 5.78. The minimum absolute atomic E-state index is 0.155. The number of nitrogens with two attached hydrogens (primary N) is 1. The fraction of sp³-hybridized carbons (Fsp3) is 0.625. The molecule has 0 aliphatic heterocycles. The molecule has 0 fully saturated rings. The summed E-state index contributed by atoms with van der Waals surface area (Å²) in [5.41, 5.74) is 3.26. The van der Waals surface area contributed by atoms with Crippen LogP contribution in [0.5, 0.6) is 0 Å². The van der Waals surface area contributed by atoms with Crippen molar-refractivity contribution in [3.8, 4) is 0 Å². The molecule has 0 saturated carbocycles. The van der Waals surface area contributed by atoms with Gasteiger partial charge in [-0.3, -0.25) is 11.3 Å². The predicted octanol–water partition coefficient (Wildman–Crippen LogP) is 5.12. The van der Waals surface area contributed by atoms with E-state index in [4.69, 9.17) is 17.4 Å². The van der Waals surface area contributed by atoms with Crippen LogP contribution >= 0.6 is 11.6 Å². The number of unbranched alkanes of at least 4 members (excludes halogenated alkanes) is 6. The Morgan fingerprint density at radius 2 is 1.80 bits per heavy atom. The van der Waals surface area contributed by atoms with Crippen molar-refractivity contribution in [1.82, 2.24) is 5.43 Å². The predicted molar refractivity (Wildman–Crippen MR) is 84.1 cm³/mol. The largest absolute Gasteiger partial charge is 0.271 e. The van der Waals surface area contributed by atoms with E-state index in [9.17, 15) is 4.39 Å². The molecule has 1 aromatic carbocycles. The highest BCUT2D eigenvalue weighted by atomic mass is 35.5. The van der Waals surface area contributed by atoms with Crippen LogP contribution < -0.4 is 11.3 Å². The second kappa shape index (κ2) is 10.1. The lowest BCUT2D eigenvalue weighted by Crippen LogP contribution is -2.28. The maximum absolute atomic E-state index is 13.9. The van der Waals surface area contributed by atoms with E-state index < -0.39 is 0 Å². The van der Waals surface area contributed by atoms with Gasteiger partial charge in [-0.05, 0) is 12.5 Å². The fourth-order valence-corrected chi connectivity index (χ4v) is 2.61. The Labute approximate surface area is 126 Å². The van der Waals surface area contributed by atoms with Crippen LogP contribution in [0, 0.1) is 5.82 Å². The highest BCUT2D eigenvalue weighted by Crippen LogP contribution is 2.26. The Morgan fingerprint density at radius 3 is 2.45 bits per heavy atom. The molecule has 20 heavy (non-hydrogen) atoms. The standard InChI is InChI=1S/C16H26ClFN2/c1-2-3-4-5-6-7-8-12-15(20-19)13-10-9-11-14(17)16(13)18/h9-11,15,20H,2-8,12,19H2,1H3. The number of halogens is 2. The average Bonchev–Trinajstić information content (AvgIpc) is 2.46. The number of hydrogen-bond donors (Lipinski definition) is 2. The molecule has 0 aliphatic rings. The second-order valence-corrected chi connectivity index (χ2v) is 5.68. The third-order valence-electron chi connectivity index (χ3n) is 3.65. The first-order valence-corrected chi connectivity index (χ1v) is 7.98. The molecule has 0 saturated heterocycles. The van der Waals surface area contributed by atoms with Gasteiger partial charge in [0.15, 0.2) is 0 Å². The monoisotopic (exact) mass is 300 g/mol. The second-order valence-electron chi connectivity index (χ2n) is 5.27. The van der Waals surface area contributed by atoms with Gasteiger partial charge in [0.2, 0.25) is 0 Å². The lowest BCUT2D eigenvalue weighted by molar-refractivity contribution is 0.457. The molecule has 3 N–H and O–H groups in total. The number of benzene rings is 1. The van der Waals surface area contributed by atoms with Crippen LogP contribution in [0.1, 0.15) is 69.9 Å². The van der Waals surface area contributed by atoms with E-state index in [1.165, 1.54) is 38.5 Å². The molecule has 4 heteroatoms. The Hall–Kier alpha value is -0.640. The molecule has 2 nitrogen and oxygen atoms in total. The summed E-state index contributed by atoms with van der Waals surface area (Å²) in [5, 5.41) is 0.155. The van der Waals surface area contributed by atoms with Gasteiger partial charge in [-0.15, -0.1) is 0 Å². The van der Waals surface area contributed by atoms with Crippen molar-refractivity contribution in [2.24, 2.45) is 5.84 Å². The van der Waals surface area contributed by atoms with Crippen LogP contribution in [0.15, 0.2) is 18.2 Å². The number of hydrogen-bond acceptors (Lipinski definition) is 2. The van der Waals surface area contributed by atoms with Crippen LogP contribution in [0.3, 0.4) is 0 Å². The molecule has 0 amide bonds. The van der Waals surface area contributed by atoms with Gasteiger partial charge >= 0.3 is 0 Å². The van der Waals surface area contributed by atoms with Gasteiger partial charge in [-0.25, -0.2) is 4.39 Å². The minimum Gasteiger partial charge on any atom is -0.271 e. The maximum atomic E-state index is 13.9. The smallest absolute Gasteiger partial charge is 0.146 e. The Kier molecular flexibility index (Phi) is 8.83. The van der Waals surface area contributed by atoms with Gasteiger partial charge in [-0.2, -0.15) is 0 Å². The lowest BCUT2D eigenvalue weighted by atomic mass is 9.99. The Bertz CT molecular complexity index is 385. The van der Waals surface area contributed by atoms with Crippen molar-refractivity contribution in [2.45, 2.75) is 64.3 Å². The van der Waals surface area contributed by atoms with Crippen LogP contribution in [-0.2, 0) is 0 Å². The molecule has 114 valence electrons. The Balaban J connectivity index is 2.34. The maximum Gasteiger partial charge on any atom is 0.146 e. The lowest BCUT2D eigenvalue weighted by Gasteiger charge is -2.17. The zero-order valence-electron chi connectivity index (χ0n) is 12.3. The molecule has 1 aromatic rings. The van der Waals surface area contributed by atoms with Crippen molar-refractivity contribution < 1.29 is 4.39 Å². The molecule has 0 aromatic heterocycles. The summed E-state index contributed by atoms with van der Waals surface area (Å²) in [7, 11) is 0. The molecular weight excluding hydrogens is 275 g/mol. The summed E-state index contributed by atoms with van der Waals surface area (Å²) in [5.74, 6) is 5.18.